The molecule has 140 valence electrons. The number of hydrogen-bond donors (Lipinski definition) is 2. The summed E-state index contributed by atoms with van der Waals surface area (Å²) in [5.74, 6) is -0.588. The summed E-state index contributed by atoms with van der Waals surface area (Å²) in [7, 11) is 0. The number of benzene rings is 2. The van der Waals surface area contributed by atoms with Crippen LogP contribution in [0.5, 0.6) is 0 Å². The van der Waals surface area contributed by atoms with Gasteiger partial charge in [0.2, 0.25) is 5.60 Å². The molecule has 1 heterocycles. The molecule has 5 nitrogen and oxygen atoms in total. The van der Waals surface area contributed by atoms with Crippen molar-refractivity contribution in [3.05, 3.63) is 78.0 Å². The fourth-order valence-corrected chi connectivity index (χ4v) is 2.50. The van der Waals surface area contributed by atoms with E-state index in [-0.39, 0.29) is 11.3 Å². The van der Waals surface area contributed by atoms with E-state index in [1.807, 2.05) is 0 Å². The first-order valence-corrected chi connectivity index (χ1v) is 7.96. The number of nitrogens with one attached hydrogen (secondary N) is 1. The number of rotatable bonds is 5. The normalized spacial score (nSPS) is 13.8. The van der Waals surface area contributed by atoms with Crippen molar-refractivity contribution >= 4 is 5.91 Å². The second kappa shape index (κ2) is 7.24. The predicted octanol–water partition coefficient (Wildman–Crippen LogP) is 3.52. The largest absolute Gasteiger partial charge is 0.423 e. The molecular formula is C19H15F3N2O3. The lowest BCUT2D eigenvalue weighted by atomic mass is 9.93. The van der Waals surface area contributed by atoms with E-state index in [0.29, 0.717) is 11.3 Å². The Hall–Kier alpha value is -3.13. The van der Waals surface area contributed by atoms with Crippen LogP contribution < -0.4 is 5.32 Å². The molecule has 0 aliphatic heterocycles. The molecule has 3 aromatic rings. The van der Waals surface area contributed by atoms with E-state index < -0.39 is 24.2 Å². The van der Waals surface area contributed by atoms with Crippen LogP contribution in [0.1, 0.15) is 16.1 Å². The van der Waals surface area contributed by atoms with Gasteiger partial charge in [-0.05, 0) is 5.56 Å². The minimum Gasteiger partial charge on any atom is -0.375 e. The fraction of sp³-hybridized carbons (Fsp3) is 0.158. The number of alkyl halides is 3. The molecule has 27 heavy (non-hydrogen) atoms. The van der Waals surface area contributed by atoms with Crippen LogP contribution in [0, 0.1) is 0 Å². The zero-order valence-electron chi connectivity index (χ0n) is 13.9. The SMILES string of the molecule is O=C(NCC(O)(c1ccccc1)C(F)(F)F)c1cc(-c2ccccc2)on1. The Labute approximate surface area is 152 Å². The molecule has 3 rings (SSSR count). The highest BCUT2D eigenvalue weighted by Crippen LogP contribution is 2.38. The van der Waals surface area contributed by atoms with Crippen LogP contribution in [0.4, 0.5) is 13.2 Å². The summed E-state index contributed by atoms with van der Waals surface area (Å²) in [6.45, 7) is -1.06. The van der Waals surface area contributed by atoms with Crippen LogP contribution in [0.25, 0.3) is 11.3 Å². The monoisotopic (exact) mass is 376 g/mol. The Kier molecular flexibility index (Phi) is 5.00. The van der Waals surface area contributed by atoms with Crippen LogP contribution in [0.15, 0.2) is 71.3 Å². The molecule has 0 fully saturated rings. The first-order valence-electron chi connectivity index (χ1n) is 7.96. The Morgan fingerprint density at radius 2 is 1.63 bits per heavy atom. The number of amides is 1. The average Bonchev–Trinajstić information content (AvgIpc) is 3.16. The molecule has 1 unspecified atom stereocenters. The summed E-state index contributed by atoms with van der Waals surface area (Å²) in [5.41, 5.74) is -3.12. The standard InChI is InChI=1S/C19H15F3N2O3/c20-19(21,22)18(26,14-9-5-2-6-10-14)12-23-17(25)15-11-16(27-24-15)13-7-3-1-4-8-13/h1-11,26H,12H2,(H,23,25). The minimum absolute atomic E-state index is 0.188. The van der Waals surface area contributed by atoms with Gasteiger partial charge in [-0.1, -0.05) is 65.8 Å². The highest BCUT2D eigenvalue weighted by Gasteiger charge is 2.55. The second-order valence-electron chi connectivity index (χ2n) is 5.85. The fourth-order valence-electron chi connectivity index (χ4n) is 2.50. The van der Waals surface area contributed by atoms with Crippen molar-refractivity contribution in [2.45, 2.75) is 11.8 Å². The van der Waals surface area contributed by atoms with Crippen molar-refractivity contribution in [1.82, 2.24) is 10.5 Å². The van der Waals surface area contributed by atoms with Crippen molar-refractivity contribution in [2.75, 3.05) is 6.54 Å². The van der Waals surface area contributed by atoms with Gasteiger partial charge in [0.25, 0.3) is 5.91 Å². The van der Waals surface area contributed by atoms with Crippen molar-refractivity contribution in [2.24, 2.45) is 0 Å². The van der Waals surface area contributed by atoms with Gasteiger partial charge >= 0.3 is 6.18 Å². The average molecular weight is 376 g/mol. The van der Waals surface area contributed by atoms with E-state index >= 15 is 0 Å². The van der Waals surface area contributed by atoms with E-state index in [4.69, 9.17) is 4.52 Å². The van der Waals surface area contributed by atoms with Crippen molar-refractivity contribution in [3.8, 4) is 11.3 Å². The third-order valence-electron chi connectivity index (χ3n) is 4.03. The van der Waals surface area contributed by atoms with Crippen LogP contribution in [-0.4, -0.2) is 28.9 Å². The quantitative estimate of drug-likeness (QED) is 0.715. The smallest absolute Gasteiger partial charge is 0.375 e. The van der Waals surface area contributed by atoms with Crippen molar-refractivity contribution in [1.29, 1.82) is 0 Å². The maximum atomic E-state index is 13.4. The van der Waals surface area contributed by atoms with E-state index in [1.54, 1.807) is 30.3 Å². The molecule has 0 saturated heterocycles. The number of aromatic nitrogens is 1. The molecule has 0 spiro atoms. The minimum atomic E-state index is -4.99. The summed E-state index contributed by atoms with van der Waals surface area (Å²) in [4.78, 5) is 12.2. The topological polar surface area (TPSA) is 75.4 Å². The van der Waals surface area contributed by atoms with Crippen molar-refractivity contribution in [3.63, 3.8) is 0 Å². The summed E-state index contributed by atoms with van der Waals surface area (Å²) in [5, 5.41) is 15.9. The molecule has 2 aromatic carbocycles. The first kappa shape index (κ1) is 18.7. The van der Waals surface area contributed by atoms with Crippen LogP contribution in [0.2, 0.25) is 0 Å². The van der Waals surface area contributed by atoms with Gasteiger partial charge in [0, 0.05) is 11.6 Å². The number of carbonyl (C=O) groups is 1. The molecule has 0 aliphatic carbocycles. The Morgan fingerprint density at radius 1 is 1.04 bits per heavy atom. The third-order valence-corrected chi connectivity index (χ3v) is 4.03. The third kappa shape index (κ3) is 3.85. The lowest BCUT2D eigenvalue weighted by molar-refractivity contribution is -0.263. The van der Waals surface area contributed by atoms with Gasteiger partial charge in [-0.2, -0.15) is 13.2 Å². The number of carbonyl (C=O) groups excluding carboxylic acids is 1. The Bertz CT molecular complexity index is 911. The summed E-state index contributed by atoms with van der Waals surface area (Å²) >= 11 is 0. The molecule has 1 aromatic heterocycles. The van der Waals surface area contributed by atoms with Gasteiger partial charge in [-0.15, -0.1) is 0 Å². The van der Waals surface area contributed by atoms with E-state index in [9.17, 15) is 23.1 Å². The molecule has 0 aliphatic rings. The molecule has 0 saturated carbocycles. The molecule has 8 heteroatoms. The molecule has 2 N–H and O–H groups in total. The first-order chi connectivity index (χ1) is 12.8. The number of hydrogen-bond acceptors (Lipinski definition) is 4. The van der Waals surface area contributed by atoms with Crippen LogP contribution in [0.3, 0.4) is 0 Å². The van der Waals surface area contributed by atoms with Gasteiger partial charge < -0.3 is 14.9 Å². The van der Waals surface area contributed by atoms with Gasteiger partial charge in [-0.25, -0.2) is 0 Å². The van der Waals surface area contributed by atoms with Gasteiger partial charge in [-0.3, -0.25) is 4.79 Å². The number of nitrogens with zero attached hydrogens (tertiary/aromatic N) is 1. The molecule has 1 amide bonds. The highest BCUT2D eigenvalue weighted by atomic mass is 19.4. The van der Waals surface area contributed by atoms with Gasteiger partial charge in [0.15, 0.2) is 11.5 Å². The molecule has 0 bridgehead atoms. The lowest BCUT2D eigenvalue weighted by Crippen LogP contribution is -2.51. The van der Waals surface area contributed by atoms with Gasteiger partial charge in [0.05, 0.1) is 6.54 Å². The number of halogens is 3. The van der Waals surface area contributed by atoms with Gasteiger partial charge in [0.1, 0.15) is 0 Å². The summed E-state index contributed by atoms with van der Waals surface area (Å²) < 4.78 is 45.4. The summed E-state index contributed by atoms with van der Waals surface area (Å²) in [6, 6.07) is 16.7. The molecular weight excluding hydrogens is 361 g/mol. The maximum absolute atomic E-state index is 13.4. The second-order valence-corrected chi connectivity index (χ2v) is 5.85. The van der Waals surface area contributed by atoms with E-state index in [2.05, 4.69) is 10.5 Å². The van der Waals surface area contributed by atoms with Crippen LogP contribution in [-0.2, 0) is 5.60 Å². The molecule has 1 atom stereocenters. The zero-order chi connectivity index (χ0) is 19.5. The van der Waals surface area contributed by atoms with Crippen LogP contribution >= 0.6 is 0 Å². The maximum Gasteiger partial charge on any atom is 0.423 e. The number of aliphatic hydroxyl groups is 1. The van der Waals surface area contributed by atoms with E-state index in [0.717, 1.165) is 12.1 Å². The van der Waals surface area contributed by atoms with Crippen molar-refractivity contribution < 1.29 is 27.6 Å². The Balaban J connectivity index is 1.77. The zero-order valence-corrected chi connectivity index (χ0v) is 13.9. The summed E-state index contributed by atoms with van der Waals surface area (Å²) in [6.07, 6.45) is -4.99. The lowest BCUT2D eigenvalue weighted by Gasteiger charge is -2.31. The Morgan fingerprint density at radius 3 is 2.22 bits per heavy atom. The highest BCUT2D eigenvalue weighted by molar-refractivity contribution is 5.93. The van der Waals surface area contributed by atoms with E-state index in [1.165, 1.54) is 24.3 Å². The molecule has 0 radical (unpaired) electrons. The predicted molar refractivity (Wildman–Crippen MR) is 90.7 cm³/mol.